The maximum absolute atomic E-state index is 11.8. The van der Waals surface area contributed by atoms with Crippen LogP contribution in [0.15, 0.2) is 69.6 Å². The van der Waals surface area contributed by atoms with Crippen LogP contribution < -0.4 is 5.32 Å². The van der Waals surface area contributed by atoms with Crippen LogP contribution in [-0.4, -0.2) is 21.9 Å². The predicted molar refractivity (Wildman–Crippen MR) is 102 cm³/mol. The van der Waals surface area contributed by atoms with Gasteiger partial charge < -0.3 is 4.42 Å². The number of carbonyl (C=O) groups excluding carboxylic acids is 1. The van der Waals surface area contributed by atoms with Crippen LogP contribution in [0.4, 0.5) is 5.13 Å². The monoisotopic (exact) mass is 369 g/mol. The largest absolute Gasteiger partial charge is 0.465 e. The number of thioether (sulfide) groups is 1. The first-order valence-electron chi connectivity index (χ1n) is 7.50. The number of hydrogen-bond acceptors (Lipinski definition) is 6. The van der Waals surface area contributed by atoms with E-state index in [9.17, 15) is 4.79 Å². The maximum atomic E-state index is 11.8. The van der Waals surface area contributed by atoms with Crippen molar-refractivity contribution in [1.29, 1.82) is 0 Å². The molecule has 0 aliphatic carbocycles. The molecule has 25 heavy (non-hydrogen) atoms. The van der Waals surface area contributed by atoms with Crippen molar-refractivity contribution in [2.75, 3.05) is 11.1 Å². The minimum absolute atomic E-state index is 0.270. The second kappa shape index (κ2) is 9.00. The molecule has 2 aromatic heterocycles. The lowest BCUT2D eigenvalue weighted by atomic mass is 10.2. The zero-order valence-electron chi connectivity index (χ0n) is 13.2. The van der Waals surface area contributed by atoms with Crippen LogP contribution >= 0.6 is 23.1 Å². The Morgan fingerprint density at radius 2 is 2.04 bits per heavy atom. The van der Waals surface area contributed by atoms with Crippen molar-refractivity contribution in [3.63, 3.8) is 0 Å². The van der Waals surface area contributed by atoms with Crippen LogP contribution in [0.25, 0.3) is 12.2 Å². The Balaban J connectivity index is 1.45. The van der Waals surface area contributed by atoms with Gasteiger partial charge in [-0.15, -0.1) is 10.2 Å². The molecule has 1 amide bonds. The number of nitrogens with one attached hydrogen (secondary N) is 1. The second-order valence-electron chi connectivity index (χ2n) is 4.84. The summed E-state index contributed by atoms with van der Waals surface area (Å²) in [6.45, 7) is 0. The fourth-order valence-corrected chi connectivity index (χ4v) is 3.47. The molecule has 0 atom stereocenters. The number of nitrogens with zero attached hydrogens (tertiary/aromatic N) is 2. The SMILES string of the molecule is O=C(/C=C/c1ccco1)Nc1nnc(SC/C=C/c2ccccc2)s1. The van der Waals surface area contributed by atoms with E-state index in [1.807, 2.05) is 18.2 Å². The fraction of sp³-hybridized carbons (Fsp3) is 0.0556. The van der Waals surface area contributed by atoms with Gasteiger partial charge in [0.1, 0.15) is 5.76 Å². The number of carbonyl (C=O) groups is 1. The quantitative estimate of drug-likeness (QED) is 0.375. The van der Waals surface area contributed by atoms with E-state index in [0.29, 0.717) is 10.9 Å². The molecule has 0 aliphatic rings. The second-order valence-corrected chi connectivity index (χ2v) is 7.08. The van der Waals surface area contributed by atoms with Crippen LogP contribution in [0.5, 0.6) is 0 Å². The van der Waals surface area contributed by atoms with Crippen LogP contribution in [0.2, 0.25) is 0 Å². The van der Waals surface area contributed by atoms with Gasteiger partial charge in [-0.3, -0.25) is 10.1 Å². The minimum atomic E-state index is -0.270. The summed E-state index contributed by atoms with van der Waals surface area (Å²) in [5.74, 6) is 1.14. The number of benzene rings is 1. The van der Waals surface area contributed by atoms with Gasteiger partial charge in [0.05, 0.1) is 6.26 Å². The summed E-state index contributed by atoms with van der Waals surface area (Å²) in [5.41, 5.74) is 1.16. The molecule has 0 radical (unpaired) electrons. The van der Waals surface area contributed by atoms with Crippen LogP contribution in [0.1, 0.15) is 11.3 Å². The number of amides is 1. The van der Waals surface area contributed by atoms with Crippen LogP contribution in [0, 0.1) is 0 Å². The molecular weight excluding hydrogens is 354 g/mol. The van der Waals surface area contributed by atoms with E-state index in [0.717, 1.165) is 15.7 Å². The van der Waals surface area contributed by atoms with E-state index in [-0.39, 0.29) is 5.91 Å². The van der Waals surface area contributed by atoms with E-state index in [4.69, 9.17) is 4.42 Å². The first kappa shape index (κ1) is 17.2. The Morgan fingerprint density at radius 1 is 1.16 bits per heavy atom. The first-order valence-corrected chi connectivity index (χ1v) is 9.30. The van der Waals surface area contributed by atoms with E-state index in [2.05, 4.69) is 39.8 Å². The Bertz CT molecular complexity index is 856. The molecule has 0 unspecified atom stereocenters. The number of aromatic nitrogens is 2. The molecule has 0 aliphatic heterocycles. The Morgan fingerprint density at radius 3 is 2.84 bits per heavy atom. The molecule has 1 N–H and O–H groups in total. The average Bonchev–Trinajstić information content (AvgIpc) is 3.30. The summed E-state index contributed by atoms with van der Waals surface area (Å²) in [5, 5.41) is 11.2. The lowest BCUT2D eigenvalue weighted by Gasteiger charge is -1.93. The van der Waals surface area contributed by atoms with Crippen LogP contribution in [-0.2, 0) is 4.79 Å². The molecule has 0 bridgehead atoms. The third-order valence-electron chi connectivity index (χ3n) is 2.99. The molecule has 3 aromatic rings. The lowest BCUT2D eigenvalue weighted by molar-refractivity contribution is -0.111. The van der Waals surface area contributed by atoms with E-state index in [1.54, 1.807) is 36.2 Å². The van der Waals surface area contributed by atoms with Gasteiger partial charge in [0.25, 0.3) is 0 Å². The number of anilines is 1. The predicted octanol–water partition coefficient (Wildman–Crippen LogP) is 4.59. The fourth-order valence-electron chi connectivity index (χ4n) is 1.88. The van der Waals surface area contributed by atoms with Crippen molar-refractivity contribution in [3.05, 3.63) is 72.2 Å². The smallest absolute Gasteiger partial charge is 0.250 e. The van der Waals surface area contributed by atoms with Gasteiger partial charge in [-0.2, -0.15) is 0 Å². The number of hydrogen-bond donors (Lipinski definition) is 1. The van der Waals surface area contributed by atoms with Gasteiger partial charge in [-0.25, -0.2) is 0 Å². The minimum Gasteiger partial charge on any atom is -0.465 e. The van der Waals surface area contributed by atoms with Crippen molar-refractivity contribution in [3.8, 4) is 0 Å². The molecule has 0 saturated carbocycles. The van der Waals surface area contributed by atoms with Gasteiger partial charge in [0, 0.05) is 11.8 Å². The zero-order valence-corrected chi connectivity index (χ0v) is 14.8. The average molecular weight is 369 g/mol. The van der Waals surface area contributed by atoms with Crippen molar-refractivity contribution < 1.29 is 9.21 Å². The highest BCUT2D eigenvalue weighted by Gasteiger charge is 2.06. The van der Waals surface area contributed by atoms with Gasteiger partial charge in [0.2, 0.25) is 11.0 Å². The molecule has 1 aromatic carbocycles. The summed E-state index contributed by atoms with van der Waals surface area (Å²) < 4.78 is 5.93. The highest BCUT2D eigenvalue weighted by molar-refractivity contribution is 8.01. The first-order chi connectivity index (χ1) is 12.3. The summed E-state index contributed by atoms with van der Waals surface area (Å²) in [7, 11) is 0. The van der Waals surface area contributed by atoms with Crippen molar-refractivity contribution in [2.24, 2.45) is 0 Å². The Hall–Kier alpha value is -2.64. The molecule has 3 rings (SSSR count). The number of rotatable bonds is 7. The number of furan rings is 1. The Kier molecular flexibility index (Phi) is 6.19. The van der Waals surface area contributed by atoms with Crippen LogP contribution in [0.3, 0.4) is 0 Å². The van der Waals surface area contributed by atoms with Gasteiger partial charge >= 0.3 is 0 Å². The van der Waals surface area contributed by atoms with Gasteiger partial charge in [-0.05, 0) is 23.8 Å². The summed E-state index contributed by atoms with van der Waals surface area (Å²) in [4.78, 5) is 11.8. The third-order valence-corrected chi connectivity index (χ3v) is 4.92. The third kappa shape index (κ3) is 5.74. The van der Waals surface area contributed by atoms with Crippen molar-refractivity contribution in [1.82, 2.24) is 10.2 Å². The molecular formula is C18H15N3O2S2. The van der Waals surface area contributed by atoms with Crippen molar-refractivity contribution >= 4 is 46.3 Å². The molecule has 0 saturated heterocycles. The van der Waals surface area contributed by atoms with Gasteiger partial charge in [0.15, 0.2) is 4.34 Å². The molecule has 2 heterocycles. The maximum Gasteiger partial charge on any atom is 0.250 e. The summed E-state index contributed by atoms with van der Waals surface area (Å²) >= 11 is 2.92. The topological polar surface area (TPSA) is 68.0 Å². The normalized spacial score (nSPS) is 11.4. The molecule has 5 nitrogen and oxygen atoms in total. The highest BCUT2D eigenvalue weighted by atomic mass is 32.2. The van der Waals surface area contributed by atoms with E-state index >= 15 is 0 Å². The van der Waals surface area contributed by atoms with Crippen molar-refractivity contribution in [2.45, 2.75) is 4.34 Å². The molecule has 7 heteroatoms. The van der Waals surface area contributed by atoms with E-state index < -0.39 is 0 Å². The summed E-state index contributed by atoms with van der Waals surface area (Å²) in [6, 6.07) is 13.6. The molecule has 0 fully saturated rings. The molecule has 126 valence electrons. The zero-order chi connectivity index (χ0) is 17.3. The highest BCUT2D eigenvalue weighted by Crippen LogP contribution is 2.25. The molecule has 0 spiro atoms. The lowest BCUT2D eigenvalue weighted by Crippen LogP contribution is -2.07. The van der Waals surface area contributed by atoms with Gasteiger partial charge in [-0.1, -0.05) is 65.6 Å². The van der Waals surface area contributed by atoms with E-state index in [1.165, 1.54) is 17.4 Å². The standard InChI is InChI=1S/C18H15N3O2S2/c22-16(11-10-15-9-4-12-23-15)19-17-20-21-18(25-17)24-13-5-8-14-6-2-1-3-7-14/h1-12H,13H2,(H,19,20,22)/b8-5+,11-10+. The summed E-state index contributed by atoms with van der Waals surface area (Å²) in [6.07, 6.45) is 8.69. The Labute approximate surface area is 153 Å².